The number of nitrogens with zero attached hydrogens (tertiary/aromatic N) is 1. The SMILES string of the molecule is N#Cc1ccc(Nc2cccc(F)c2CCN)cc1. The van der Waals surface area contributed by atoms with Gasteiger partial charge in [0.25, 0.3) is 0 Å². The fourth-order valence-corrected chi connectivity index (χ4v) is 1.86. The normalized spacial score (nSPS) is 9.95. The molecule has 0 atom stereocenters. The molecule has 0 fully saturated rings. The lowest BCUT2D eigenvalue weighted by Crippen LogP contribution is -2.07. The second kappa shape index (κ2) is 5.98. The number of hydrogen-bond acceptors (Lipinski definition) is 3. The van der Waals surface area contributed by atoms with Gasteiger partial charge in [-0.15, -0.1) is 0 Å². The summed E-state index contributed by atoms with van der Waals surface area (Å²) < 4.78 is 13.7. The molecule has 0 spiro atoms. The van der Waals surface area contributed by atoms with Crippen molar-refractivity contribution in [2.24, 2.45) is 5.73 Å². The van der Waals surface area contributed by atoms with Gasteiger partial charge in [0.15, 0.2) is 0 Å². The average molecular weight is 255 g/mol. The smallest absolute Gasteiger partial charge is 0.128 e. The van der Waals surface area contributed by atoms with Crippen LogP contribution in [0.15, 0.2) is 42.5 Å². The fraction of sp³-hybridized carbons (Fsp3) is 0.133. The van der Waals surface area contributed by atoms with E-state index in [-0.39, 0.29) is 5.82 Å². The molecule has 0 saturated heterocycles. The minimum absolute atomic E-state index is 0.260. The van der Waals surface area contributed by atoms with Crippen molar-refractivity contribution in [1.82, 2.24) is 0 Å². The van der Waals surface area contributed by atoms with Crippen LogP contribution in [0.1, 0.15) is 11.1 Å². The Morgan fingerprint density at radius 3 is 2.53 bits per heavy atom. The first-order chi connectivity index (χ1) is 9.24. The summed E-state index contributed by atoms with van der Waals surface area (Å²) in [5, 5.41) is 11.9. The maximum Gasteiger partial charge on any atom is 0.128 e. The number of rotatable bonds is 4. The zero-order valence-corrected chi connectivity index (χ0v) is 10.4. The third-order valence-electron chi connectivity index (χ3n) is 2.81. The predicted molar refractivity (Wildman–Crippen MR) is 73.6 cm³/mol. The number of benzene rings is 2. The topological polar surface area (TPSA) is 61.8 Å². The summed E-state index contributed by atoms with van der Waals surface area (Å²) in [7, 11) is 0. The molecule has 0 amide bonds. The lowest BCUT2D eigenvalue weighted by Gasteiger charge is -2.12. The van der Waals surface area contributed by atoms with E-state index in [0.717, 1.165) is 5.69 Å². The summed E-state index contributed by atoms with van der Waals surface area (Å²) in [6.07, 6.45) is 0.477. The van der Waals surface area contributed by atoms with Crippen LogP contribution < -0.4 is 11.1 Å². The predicted octanol–water partition coefficient (Wildman–Crippen LogP) is 2.94. The van der Waals surface area contributed by atoms with Gasteiger partial charge < -0.3 is 11.1 Å². The van der Waals surface area contributed by atoms with Crippen molar-refractivity contribution in [3.05, 3.63) is 59.4 Å². The molecule has 0 aliphatic carbocycles. The zero-order valence-electron chi connectivity index (χ0n) is 10.4. The third-order valence-corrected chi connectivity index (χ3v) is 2.81. The summed E-state index contributed by atoms with van der Waals surface area (Å²) in [5.74, 6) is -0.260. The average Bonchev–Trinajstić information content (AvgIpc) is 2.43. The Morgan fingerprint density at radius 1 is 1.16 bits per heavy atom. The Bertz CT molecular complexity index is 600. The van der Waals surface area contributed by atoms with E-state index in [9.17, 15) is 4.39 Å². The second-order valence-corrected chi connectivity index (χ2v) is 4.12. The monoisotopic (exact) mass is 255 g/mol. The molecule has 0 saturated carbocycles. The molecule has 0 unspecified atom stereocenters. The molecule has 0 aliphatic rings. The van der Waals surface area contributed by atoms with Gasteiger partial charge in [-0.2, -0.15) is 5.26 Å². The van der Waals surface area contributed by atoms with Crippen molar-refractivity contribution < 1.29 is 4.39 Å². The van der Waals surface area contributed by atoms with Gasteiger partial charge in [-0.25, -0.2) is 4.39 Å². The minimum Gasteiger partial charge on any atom is -0.355 e. The number of nitriles is 1. The first-order valence-electron chi connectivity index (χ1n) is 5.99. The van der Waals surface area contributed by atoms with Crippen molar-refractivity contribution in [3.63, 3.8) is 0 Å². The van der Waals surface area contributed by atoms with Crippen molar-refractivity contribution >= 4 is 11.4 Å². The summed E-state index contributed by atoms with van der Waals surface area (Å²) in [6, 6.07) is 13.9. The molecule has 2 rings (SSSR count). The van der Waals surface area contributed by atoms with Crippen LogP contribution in [0, 0.1) is 17.1 Å². The molecule has 0 heterocycles. The molecule has 3 N–H and O–H groups in total. The van der Waals surface area contributed by atoms with Crippen LogP contribution in [0.5, 0.6) is 0 Å². The van der Waals surface area contributed by atoms with E-state index in [0.29, 0.717) is 29.8 Å². The van der Waals surface area contributed by atoms with Gasteiger partial charge in [0.05, 0.1) is 11.6 Å². The van der Waals surface area contributed by atoms with Crippen molar-refractivity contribution in [2.45, 2.75) is 6.42 Å². The van der Waals surface area contributed by atoms with Crippen molar-refractivity contribution in [2.75, 3.05) is 11.9 Å². The Kier molecular flexibility index (Phi) is 4.11. The molecule has 3 nitrogen and oxygen atoms in total. The maximum atomic E-state index is 13.7. The molecule has 0 bridgehead atoms. The van der Waals surface area contributed by atoms with E-state index in [4.69, 9.17) is 11.0 Å². The first kappa shape index (κ1) is 13.1. The zero-order chi connectivity index (χ0) is 13.7. The summed E-state index contributed by atoms with van der Waals surface area (Å²) >= 11 is 0. The molecule has 19 heavy (non-hydrogen) atoms. The number of anilines is 2. The van der Waals surface area contributed by atoms with E-state index >= 15 is 0 Å². The summed E-state index contributed by atoms with van der Waals surface area (Å²) in [4.78, 5) is 0. The standard InChI is InChI=1S/C15H14FN3/c16-14-2-1-3-15(13(14)8-9-17)19-12-6-4-11(10-18)5-7-12/h1-7,19H,8-9,17H2. The summed E-state index contributed by atoms with van der Waals surface area (Å²) in [5.41, 5.74) is 8.18. The Balaban J connectivity index is 2.27. The Hall–Kier alpha value is -2.38. The largest absolute Gasteiger partial charge is 0.355 e. The Labute approximate surface area is 111 Å². The number of hydrogen-bond donors (Lipinski definition) is 2. The van der Waals surface area contributed by atoms with Crippen molar-refractivity contribution in [3.8, 4) is 6.07 Å². The molecule has 0 radical (unpaired) electrons. The van der Waals surface area contributed by atoms with Crippen LogP contribution in [0.25, 0.3) is 0 Å². The van der Waals surface area contributed by atoms with Gasteiger partial charge in [-0.3, -0.25) is 0 Å². The third kappa shape index (κ3) is 3.09. The maximum absolute atomic E-state index is 13.7. The number of nitrogens with one attached hydrogen (secondary N) is 1. The highest BCUT2D eigenvalue weighted by atomic mass is 19.1. The number of halogens is 1. The Morgan fingerprint density at radius 2 is 1.89 bits per heavy atom. The first-order valence-corrected chi connectivity index (χ1v) is 5.99. The van der Waals surface area contributed by atoms with Gasteiger partial charge in [0, 0.05) is 16.9 Å². The van der Waals surface area contributed by atoms with E-state index in [1.54, 1.807) is 30.3 Å². The molecule has 0 aliphatic heterocycles. The second-order valence-electron chi connectivity index (χ2n) is 4.12. The molecule has 0 aromatic heterocycles. The van der Waals surface area contributed by atoms with E-state index in [2.05, 4.69) is 11.4 Å². The molecule has 4 heteroatoms. The van der Waals surface area contributed by atoms with Gasteiger partial charge in [-0.05, 0) is 49.4 Å². The van der Waals surface area contributed by atoms with E-state index in [1.807, 2.05) is 6.07 Å². The molecular weight excluding hydrogens is 241 g/mol. The number of nitrogens with two attached hydrogens (primary N) is 1. The highest BCUT2D eigenvalue weighted by Crippen LogP contribution is 2.23. The van der Waals surface area contributed by atoms with Crippen LogP contribution in [0.2, 0.25) is 0 Å². The molecule has 2 aromatic rings. The molecule has 2 aromatic carbocycles. The minimum atomic E-state index is -0.260. The lowest BCUT2D eigenvalue weighted by molar-refractivity contribution is 0.610. The van der Waals surface area contributed by atoms with Crippen molar-refractivity contribution in [1.29, 1.82) is 5.26 Å². The molecule has 96 valence electrons. The van der Waals surface area contributed by atoms with Gasteiger partial charge >= 0.3 is 0 Å². The summed E-state index contributed by atoms with van der Waals surface area (Å²) in [6.45, 7) is 0.392. The highest BCUT2D eigenvalue weighted by Gasteiger charge is 2.07. The van der Waals surface area contributed by atoms with Crippen LogP contribution in [0.3, 0.4) is 0 Å². The van der Waals surface area contributed by atoms with Crippen LogP contribution in [0.4, 0.5) is 15.8 Å². The highest BCUT2D eigenvalue weighted by molar-refractivity contribution is 5.64. The van der Waals surface area contributed by atoms with E-state index < -0.39 is 0 Å². The molecular formula is C15H14FN3. The van der Waals surface area contributed by atoms with E-state index in [1.165, 1.54) is 6.07 Å². The quantitative estimate of drug-likeness (QED) is 0.883. The fourth-order valence-electron chi connectivity index (χ4n) is 1.86. The van der Waals surface area contributed by atoms with Gasteiger partial charge in [0.1, 0.15) is 5.82 Å². The van der Waals surface area contributed by atoms with Gasteiger partial charge in [-0.1, -0.05) is 6.07 Å². The van der Waals surface area contributed by atoms with Crippen LogP contribution in [-0.2, 0) is 6.42 Å². The van der Waals surface area contributed by atoms with Crippen LogP contribution in [-0.4, -0.2) is 6.54 Å². The van der Waals surface area contributed by atoms with Gasteiger partial charge in [0.2, 0.25) is 0 Å². The lowest BCUT2D eigenvalue weighted by atomic mass is 10.1. The van der Waals surface area contributed by atoms with Crippen LogP contribution >= 0.6 is 0 Å².